The maximum absolute atomic E-state index is 13.6. The minimum absolute atomic E-state index is 0.0105. The van der Waals surface area contributed by atoms with Crippen molar-refractivity contribution in [2.45, 2.75) is 49.5 Å². The Bertz CT molecular complexity index is 1190. The van der Waals surface area contributed by atoms with E-state index in [1.54, 1.807) is 6.07 Å². The van der Waals surface area contributed by atoms with E-state index >= 15 is 0 Å². The van der Waals surface area contributed by atoms with Crippen molar-refractivity contribution in [1.29, 1.82) is 0 Å². The highest BCUT2D eigenvalue weighted by atomic mass is 32.2. The molecule has 0 unspecified atom stereocenters. The molecule has 4 nitrogen and oxygen atoms in total. The minimum atomic E-state index is -0.219. The van der Waals surface area contributed by atoms with E-state index < -0.39 is 0 Å². The minimum Gasteiger partial charge on any atom is -0.334 e. The Morgan fingerprint density at radius 2 is 1.85 bits per heavy atom. The first-order valence-electron chi connectivity index (χ1n) is 11.4. The van der Waals surface area contributed by atoms with E-state index in [2.05, 4.69) is 23.5 Å². The second-order valence-electron chi connectivity index (χ2n) is 9.19. The van der Waals surface area contributed by atoms with Gasteiger partial charge in [-0.15, -0.1) is 0 Å². The van der Waals surface area contributed by atoms with Crippen LogP contribution < -0.4 is 15.4 Å². The van der Waals surface area contributed by atoms with Gasteiger partial charge in [-0.25, -0.2) is 9.18 Å². The van der Waals surface area contributed by atoms with E-state index in [0.29, 0.717) is 13.1 Å². The summed E-state index contributed by atoms with van der Waals surface area (Å²) in [5, 5.41) is 8.69. The van der Waals surface area contributed by atoms with Gasteiger partial charge >= 0.3 is 6.03 Å². The van der Waals surface area contributed by atoms with E-state index in [9.17, 15) is 9.18 Å². The van der Waals surface area contributed by atoms with Crippen LogP contribution in [0.1, 0.15) is 42.4 Å². The largest absolute Gasteiger partial charge is 0.334 e. The van der Waals surface area contributed by atoms with Crippen LogP contribution in [0.5, 0.6) is 0 Å². The summed E-state index contributed by atoms with van der Waals surface area (Å²) < 4.78 is 13.6. The molecule has 0 aromatic heterocycles. The Hall–Kier alpha value is -2.83. The standard InChI is InChI=1S/C27H28FN3OS/c1-18-14-21(28)7-10-23(18)20-6-11-25-24(15-20)27(12-2-3-13-27)17-31(25)26(32)30-16-19-4-8-22(33-29)9-5-19/h4-11,14-15H,2-3,12-13,16-17,29H2,1H3,(H,30,32). The molecule has 2 aliphatic rings. The lowest BCUT2D eigenvalue weighted by Crippen LogP contribution is -2.41. The average Bonchev–Trinajstić information content (AvgIpc) is 3.43. The second kappa shape index (κ2) is 8.84. The third-order valence-corrected chi connectivity index (χ3v) is 7.67. The van der Waals surface area contributed by atoms with E-state index in [1.165, 1.54) is 36.4 Å². The highest BCUT2D eigenvalue weighted by Crippen LogP contribution is 2.51. The van der Waals surface area contributed by atoms with Gasteiger partial charge in [0.2, 0.25) is 0 Å². The highest BCUT2D eigenvalue weighted by molar-refractivity contribution is 7.97. The molecule has 1 fully saturated rings. The lowest BCUT2D eigenvalue weighted by Gasteiger charge is -2.25. The van der Waals surface area contributed by atoms with Crippen LogP contribution in [0, 0.1) is 12.7 Å². The third kappa shape index (κ3) is 4.13. The Morgan fingerprint density at radius 1 is 1.09 bits per heavy atom. The maximum Gasteiger partial charge on any atom is 0.322 e. The number of fused-ring (bicyclic) bond motifs is 2. The van der Waals surface area contributed by atoms with E-state index in [1.807, 2.05) is 42.2 Å². The molecule has 3 aromatic rings. The van der Waals surface area contributed by atoms with E-state index in [0.717, 1.165) is 45.7 Å². The first kappa shape index (κ1) is 22.0. The van der Waals surface area contributed by atoms with Crippen molar-refractivity contribution in [3.05, 3.63) is 83.2 Å². The van der Waals surface area contributed by atoms with Crippen molar-refractivity contribution in [3.8, 4) is 11.1 Å². The van der Waals surface area contributed by atoms with Gasteiger partial charge in [0, 0.05) is 29.1 Å². The van der Waals surface area contributed by atoms with Gasteiger partial charge in [-0.05, 0) is 95.9 Å². The lowest BCUT2D eigenvalue weighted by atomic mass is 9.80. The molecule has 0 saturated heterocycles. The van der Waals surface area contributed by atoms with Gasteiger partial charge in [-0.3, -0.25) is 10.0 Å². The zero-order chi connectivity index (χ0) is 23.0. The number of hydrogen-bond acceptors (Lipinski definition) is 3. The summed E-state index contributed by atoms with van der Waals surface area (Å²) in [5.74, 6) is -0.219. The number of carbonyl (C=O) groups is 1. The molecule has 3 N–H and O–H groups in total. The lowest BCUT2D eigenvalue weighted by molar-refractivity contribution is 0.245. The van der Waals surface area contributed by atoms with Crippen LogP contribution in [0.2, 0.25) is 0 Å². The zero-order valence-electron chi connectivity index (χ0n) is 18.7. The monoisotopic (exact) mass is 461 g/mol. The molecule has 1 saturated carbocycles. The highest BCUT2D eigenvalue weighted by Gasteiger charge is 2.46. The van der Waals surface area contributed by atoms with Crippen molar-refractivity contribution in [2.75, 3.05) is 11.4 Å². The third-order valence-electron chi connectivity index (χ3n) is 7.13. The quantitative estimate of drug-likeness (QED) is 0.448. The molecule has 3 aromatic carbocycles. The first-order chi connectivity index (χ1) is 16.0. The summed E-state index contributed by atoms with van der Waals surface area (Å²) in [6.07, 6.45) is 4.54. The fraction of sp³-hybridized carbons (Fsp3) is 0.296. The SMILES string of the molecule is Cc1cc(F)ccc1-c1ccc2c(c1)C1(CCCC1)CN2C(=O)NCc1ccc(SN)cc1. The number of aryl methyl sites for hydroxylation is 1. The van der Waals surface area contributed by atoms with Crippen molar-refractivity contribution in [2.24, 2.45) is 5.14 Å². The second-order valence-corrected chi connectivity index (χ2v) is 9.89. The van der Waals surface area contributed by atoms with Crippen molar-refractivity contribution in [1.82, 2.24) is 5.32 Å². The molecular weight excluding hydrogens is 433 g/mol. The van der Waals surface area contributed by atoms with Gasteiger partial charge in [0.05, 0.1) is 0 Å². The number of nitrogens with one attached hydrogen (secondary N) is 1. The fourth-order valence-corrected chi connectivity index (χ4v) is 5.70. The number of amides is 2. The summed E-state index contributed by atoms with van der Waals surface area (Å²) in [4.78, 5) is 16.1. The maximum atomic E-state index is 13.6. The molecule has 1 spiro atoms. The van der Waals surface area contributed by atoms with Gasteiger partial charge in [0.1, 0.15) is 5.82 Å². The van der Waals surface area contributed by atoms with Gasteiger partial charge in [-0.1, -0.05) is 37.1 Å². The summed E-state index contributed by atoms with van der Waals surface area (Å²) in [5.41, 5.74) is 6.33. The topological polar surface area (TPSA) is 58.4 Å². The molecule has 6 heteroatoms. The van der Waals surface area contributed by atoms with Crippen LogP contribution in [0.15, 0.2) is 65.6 Å². The molecule has 170 valence electrons. The molecule has 0 radical (unpaired) electrons. The van der Waals surface area contributed by atoms with Crippen LogP contribution in [-0.2, 0) is 12.0 Å². The number of nitrogens with two attached hydrogens (primary N) is 1. The Kier molecular flexibility index (Phi) is 5.89. The van der Waals surface area contributed by atoms with Crippen molar-refractivity contribution < 1.29 is 9.18 Å². The predicted molar refractivity (Wildman–Crippen MR) is 133 cm³/mol. The van der Waals surface area contributed by atoms with Gasteiger partial charge in [-0.2, -0.15) is 0 Å². The summed E-state index contributed by atoms with van der Waals surface area (Å²) >= 11 is 1.21. The van der Waals surface area contributed by atoms with Gasteiger partial charge in [0.25, 0.3) is 0 Å². The summed E-state index contributed by atoms with van der Waals surface area (Å²) in [7, 11) is 0. The van der Waals surface area contributed by atoms with Crippen molar-refractivity contribution >= 4 is 23.7 Å². The number of hydrogen-bond donors (Lipinski definition) is 2. The Morgan fingerprint density at radius 3 is 2.55 bits per heavy atom. The van der Waals surface area contributed by atoms with Crippen LogP contribution in [0.3, 0.4) is 0 Å². The number of rotatable bonds is 4. The number of urea groups is 1. The number of halogens is 1. The zero-order valence-corrected chi connectivity index (χ0v) is 19.6. The van der Waals surface area contributed by atoms with E-state index in [4.69, 9.17) is 5.14 Å². The number of anilines is 1. The van der Waals surface area contributed by atoms with Gasteiger partial charge < -0.3 is 5.32 Å². The van der Waals surface area contributed by atoms with Crippen LogP contribution in [0.25, 0.3) is 11.1 Å². The molecule has 1 aliphatic heterocycles. The van der Waals surface area contributed by atoms with Gasteiger partial charge in [0.15, 0.2) is 0 Å². The van der Waals surface area contributed by atoms with Crippen LogP contribution >= 0.6 is 11.9 Å². The number of benzene rings is 3. The summed E-state index contributed by atoms with van der Waals surface area (Å²) in [6.45, 7) is 3.12. The molecule has 33 heavy (non-hydrogen) atoms. The smallest absolute Gasteiger partial charge is 0.322 e. The predicted octanol–water partition coefficient (Wildman–Crippen LogP) is 6.31. The number of nitrogens with zero attached hydrogens (tertiary/aromatic N) is 1. The fourth-order valence-electron chi connectivity index (χ4n) is 5.41. The van der Waals surface area contributed by atoms with E-state index in [-0.39, 0.29) is 17.3 Å². The molecule has 5 rings (SSSR count). The van der Waals surface area contributed by atoms with Crippen molar-refractivity contribution in [3.63, 3.8) is 0 Å². The number of carbonyl (C=O) groups excluding carboxylic acids is 1. The first-order valence-corrected chi connectivity index (χ1v) is 12.3. The molecule has 1 heterocycles. The summed E-state index contributed by atoms with van der Waals surface area (Å²) in [6, 6.07) is 19.1. The molecule has 0 atom stereocenters. The molecule has 0 bridgehead atoms. The molecule has 1 aliphatic carbocycles. The molecule has 2 amide bonds. The molecular formula is C27H28FN3OS. The Balaban J connectivity index is 1.42. The van der Waals surface area contributed by atoms with Crippen LogP contribution in [0.4, 0.5) is 14.9 Å². The van der Waals surface area contributed by atoms with Crippen LogP contribution in [-0.4, -0.2) is 12.6 Å². The Labute approximate surface area is 198 Å². The normalized spacial score (nSPS) is 16.3. The average molecular weight is 462 g/mol.